The molecule has 0 unspecified atom stereocenters. The van der Waals surface area contributed by atoms with Crippen molar-refractivity contribution in [2.75, 3.05) is 18.8 Å². The van der Waals surface area contributed by atoms with Crippen LogP contribution in [0.5, 0.6) is 0 Å². The van der Waals surface area contributed by atoms with E-state index in [1.54, 1.807) is 6.20 Å². The third kappa shape index (κ3) is 3.34. The van der Waals surface area contributed by atoms with Gasteiger partial charge in [0.05, 0.1) is 17.1 Å². The molecule has 2 aromatic heterocycles. The van der Waals surface area contributed by atoms with Gasteiger partial charge in [0.25, 0.3) is 5.89 Å². The highest BCUT2D eigenvalue weighted by molar-refractivity contribution is 7.90. The fourth-order valence-electron chi connectivity index (χ4n) is 3.37. The molecule has 0 aliphatic carbocycles. The summed E-state index contributed by atoms with van der Waals surface area (Å²) in [6.45, 7) is 2.08. The highest BCUT2D eigenvalue weighted by Crippen LogP contribution is 2.25. The molecule has 8 heteroatoms. The van der Waals surface area contributed by atoms with Gasteiger partial charge >= 0.3 is 0 Å². The Morgan fingerprint density at radius 3 is 2.96 bits per heavy atom. The molecule has 0 atom stereocenters. The molecule has 4 rings (SSSR count). The number of hydrogen-bond donors (Lipinski definition) is 1. The average molecular weight is 348 g/mol. The first-order valence-corrected chi connectivity index (χ1v) is 10.1. The van der Waals surface area contributed by atoms with Gasteiger partial charge in [-0.1, -0.05) is 5.16 Å². The Balaban J connectivity index is 1.54. The molecule has 0 spiro atoms. The van der Waals surface area contributed by atoms with E-state index in [-0.39, 0.29) is 11.5 Å². The van der Waals surface area contributed by atoms with Crippen molar-refractivity contribution in [3.8, 4) is 11.5 Å². The molecule has 24 heavy (non-hydrogen) atoms. The minimum absolute atomic E-state index is 0.0409. The van der Waals surface area contributed by atoms with Gasteiger partial charge in [0.2, 0.25) is 0 Å². The second kappa shape index (κ2) is 6.25. The number of hydrogen-bond acceptors (Lipinski definition) is 7. The highest BCUT2D eigenvalue weighted by atomic mass is 32.2. The summed E-state index contributed by atoms with van der Waals surface area (Å²) in [5.74, 6) is 1.93. The summed E-state index contributed by atoms with van der Waals surface area (Å²) in [6, 6.07) is 1.82. The Morgan fingerprint density at radius 1 is 1.29 bits per heavy atom. The predicted octanol–water partition coefficient (Wildman–Crippen LogP) is 1.14. The first-order valence-electron chi connectivity index (χ1n) is 8.31. The summed E-state index contributed by atoms with van der Waals surface area (Å²) in [7, 11) is -3.02. The Hall–Kier alpha value is -1.80. The maximum Gasteiger partial charge on any atom is 0.259 e. The number of aromatic nitrogens is 3. The summed E-state index contributed by atoms with van der Waals surface area (Å²) < 4.78 is 29.0. The van der Waals surface area contributed by atoms with Gasteiger partial charge in [-0.2, -0.15) is 4.98 Å². The average Bonchev–Trinajstić information content (AvgIpc) is 3.03. The van der Waals surface area contributed by atoms with Crippen LogP contribution in [0.2, 0.25) is 0 Å². The van der Waals surface area contributed by atoms with E-state index in [4.69, 9.17) is 4.52 Å². The molecular formula is C16H20N4O3S. The number of sulfone groups is 1. The van der Waals surface area contributed by atoms with Crippen LogP contribution >= 0.6 is 0 Å². The minimum atomic E-state index is -3.02. The van der Waals surface area contributed by atoms with Crippen LogP contribution in [-0.4, -0.2) is 42.4 Å². The largest absolute Gasteiger partial charge is 0.334 e. The lowest BCUT2D eigenvalue weighted by molar-refractivity contribution is 0.356. The number of nitrogens with one attached hydrogen (secondary N) is 1. The first-order chi connectivity index (χ1) is 11.6. The van der Waals surface area contributed by atoms with E-state index < -0.39 is 9.84 Å². The van der Waals surface area contributed by atoms with Crippen molar-refractivity contribution in [1.29, 1.82) is 0 Å². The second-order valence-electron chi connectivity index (χ2n) is 6.59. The maximum absolute atomic E-state index is 11.8. The van der Waals surface area contributed by atoms with Gasteiger partial charge in [-0.3, -0.25) is 4.98 Å². The molecule has 0 amide bonds. The molecule has 1 fully saturated rings. The lowest BCUT2D eigenvalue weighted by Crippen LogP contribution is -2.28. The number of rotatable bonds is 3. The third-order valence-electron chi connectivity index (χ3n) is 4.73. The van der Waals surface area contributed by atoms with Gasteiger partial charge in [-0.05, 0) is 43.5 Å². The lowest BCUT2D eigenvalue weighted by atomic mass is 9.94. The monoisotopic (exact) mass is 348 g/mol. The molecule has 7 nitrogen and oxygen atoms in total. The van der Waals surface area contributed by atoms with Crippen molar-refractivity contribution in [3.05, 3.63) is 29.3 Å². The molecular weight excluding hydrogens is 328 g/mol. The summed E-state index contributed by atoms with van der Waals surface area (Å²) in [6.07, 6.45) is 5.24. The topological polar surface area (TPSA) is 98.0 Å². The Kier molecular flexibility index (Phi) is 4.09. The van der Waals surface area contributed by atoms with E-state index in [0.29, 0.717) is 29.6 Å². The normalized spacial score (nSPS) is 20.7. The predicted molar refractivity (Wildman–Crippen MR) is 88.0 cm³/mol. The number of aryl methyl sites for hydroxylation is 1. The zero-order valence-corrected chi connectivity index (χ0v) is 14.2. The van der Waals surface area contributed by atoms with Crippen LogP contribution in [-0.2, 0) is 28.4 Å². The van der Waals surface area contributed by atoms with Crippen LogP contribution in [0.1, 0.15) is 29.9 Å². The number of pyridine rings is 1. The number of fused-ring (bicyclic) bond motifs is 1. The first kappa shape index (κ1) is 15.7. The summed E-state index contributed by atoms with van der Waals surface area (Å²) in [4.78, 5) is 8.86. The molecule has 2 aliphatic rings. The zero-order chi connectivity index (χ0) is 16.6. The smallest absolute Gasteiger partial charge is 0.259 e. The molecule has 1 saturated heterocycles. The summed E-state index contributed by atoms with van der Waals surface area (Å²) >= 11 is 0. The van der Waals surface area contributed by atoms with Crippen LogP contribution in [0.25, 0.3) is 11.5 Å². The molecule has 128 valence electrons. The van der Waals surface area contributed by atoms with E-state index in [1.165, 1.54) is 0 Å². The molecule has 0 bridgehead atoms. The Morgan fingerprint density at radius 2 is 2.12 bits per heavy atom. The van der Waals surface area contributed by atoms with E-state index in [1.807, 2.05) is 6.07 Å². The van der Waals surface area contributed by atoms with Crippen LogP contribution in [0, 0.1) is 5.92 Å². The zero-order valence-electron chi connectivity index (χ0n) is 13.4. The van der Waals surface area contributed by atoms with E-state index in [0.717, 1.165) is 43.6 Å². The minimum Gasteiger partial charge on any atom is -0.334 e. The molecule has 1 N–H and O–H groups in total. The highest BCUT2D eigenvalue weighted by Gasteiger charge is 2.24. The molecule has 2 aromatic rings. The van der Waals surface area contributed by atoms with Crippen molar-refractivity contribution in [2.45, 2.75) is 31.4 Å². The molecule has 2 aliphatic heterocycles. The molecule has 0 aromatic carbocycles. The standard InChI is InChI=1S/C16H20N4O3S/c21-24(22)6-3-14-13(10-24)8-12(9-18-14)16-19-15(20-23-16)7-11-1-4-17-5-2-11/h8-9,11,17H,1-7,10H2. The van der Waals surface area contributed by atoms with Gasteiger partial charge in [0.1, 0.15) is 0 Å². The SMILES string of the molecule is O=S1(=O)CCc2ncc(-c3nc(CC4CCNCC4)no3)cc2C1. The van der Waals surface area contributed by atoms with Crippen molar-refractivity contribution >= 4 is 9.84 Å². The van der Waals surface area contributed by atoms with Gasteiger partial charge in [0, 0.05) is 24.7 Å². The van der Waals surface area contributed by atoms with Crippen LogP contribution in [0.3, 0.4) is 0 Å². The van der Waals surface area contributed by atoms with Crippen molar-refractivity contribution in [3.63, 3.8) is 0 Å². The van der Waals surface area contributed by atoms with Gasteiger partial charge < -0.3 is 9.84 Å². The van der Waals surface area contributed by atoms with Crippen LogP contribution < -0.4 is 5.32 Å². The van der Waals surface area contributed by atoms with Crippen molar-refractivity contribution in [2.24, 2.45) is 5.92 Å². The second-order valence-corrected chi connectivity index (χ2v) is 8.77. The third-order valence-corrected chi connectivity index (χ3v) is 6.31. The Bertz CT molecular complexity index is 841. The Labute approximate surface area is 140 Å². The molecule has 4 heterocycles. The van der Waals surface area contributed by atoms with Gasteiger partial charge in [0.15, 0.2) is 15.7 Å². The van der Waals surface area contributed by atoms with E-state index in [9.17, 15) is 8.42 Å². The quantitative estimate of drug-likeness (QED) is 0.888. The van der Waals surface area contributed by atoms with Crippen molar-refractivity contribution < 1.29 is 12.9 Å². The number of nitrogens with zero attached hydrogens (tertiary/aromatic N) is 3. The fraction of sp³-hybridized carbons (Fsp3) is 0.562. The van der Waals surface area contributed by atoms with Crippen LogP contribution in [0.4, 0.5) is 0 Å². The van der Waals surface area contributed by atoms with Gasteiger partial charge in [-0.15, -0.1) is 0 Å². The van der Waals surface area contributed by atoms with Gasteiger partial charge in [-0.25, -0.2) is 8.42 Å². The molecule has 0 radical (unpaired) electrons. The van der Waals surface area contributed by atoms with Crippen molar-refractivity contribution in [1.82, 2.24) is 20.4 Å². The summed E-state index contributed by atoms with van der Waals surface area (Å²) in [5.41, 5.74) is 2.29. The van der Waals surface area contributed by atoms with E-state index >= 15 is 0 Å². The lowest BCUT2D eigenvalue weighted by Gasteiger charge is -2.20. The van der Waals surface area contributed by atoms with E-state index in [2.05, 4.69) is 20.4 Å². The number of piperidine rings is 1. The van der Waals surface area contributed by atoms with Crippen LogP contribution in [0.15, 0.2) is 16.8 Å². The fourth-order valence-corrected chi connectivity index (χ4v) is 4.74. The summed E-state index contributed by atoms with van der Waals surface area (Å²) in [5, 5.41) is 7.42. The maximum atomic E-state index is 11.8. The molecule has 0 saturated carbocycles.